The summed E-state index contributed by atoms with van der Waals surface area (Å²) in [6.07, 6.45) is 1.49. The van der Waals surface area contributed by atoms with Crippen LogP contribution in [0.25, 0.3) is 0 Å². The molecule has 1 aromatic carbocycles. The van der Waals surface area contributed by atoms with Crippen molar-refractivity contribution < 1.29 is 9.59 Å². The monoisotopic (exact) mass is 326 g/mol. The molecule has 4 N–H and O–H groups in total. The molecular weight excluding hydrogens is 304 g/mol. The quantitative estimate of drug-likeness (QED) is 0.804. The van der Waals surface area contributed by atoms with E-state index in [1.165, 1.54) is 6.20 Å². The third-order valence-corrected chi connectivity index (χ3v) is 3.23. The number of nitrogens with two attached hydrogens (primary N) is 1. The zero-order valence-electron chi connectivity index (χ0n) is 14.1. The Bertz CT molecular complexity index is 716. The molecule has 0 saturated carbocycles. The van der Waals surface area contributed by atoms with E-state index in [9.17, 15) is 9.59 Å². The van der Waals surface area contributed by atoms with Gasteiger partial charge in [-0.3, -0.25) is 9.59 Å². The number of rotatable bonds is 4. The summed E-state index contributed by atoms with van der Waals surface area (Å²) in [4.78, 5) is 28.1. The Morgan fingerprint density at radius 1 is 1.00 bits per heavy atom. The van der Waals surface area contributed by atoms with Crippen LogP contribution in [0.15, 0.2) is 42.6 Å². The maximum absolute atomic E-state index is 12.2. The third-order valence-electron chi connectivity index (χ3n) is 3.23. The molecule has 6 nitrogen and oxygen atoms in total. The number of aromatic nitrogens is 1. The molecule has 0 aliphatic rings. The van der Waals surface area contributed by atoms with E-state index >= 15 is 0 Å². The van der Waals surface area contributed by atoms with Crippen LogP contribution in [-0.4, -0.2) is 23.3 Å². The Morgan fingerprint density at radius 3 is 2.08 bits per heavy atom. The van der Waals surface area contributed by atoms with E-state index < -0.39 is 0 Å². The van der Waals surface area contributed by atoms with Gasteiger partial charge in [-0.05, 0) is 41.8 Å². The van der Waals surface area contributed by atoms with Gasteiger partial charge in [-0.2, -0.15) is 0 Å². The van der Waals surface area contributed by atoms with Gasteiger partial charge in [0, 0.05) is 17.7 Å². The van der Waals surface area contributed by atoms with Crippen LogP contribution in [0.3, 0.4) is 0 Å². The highest BCUT2D eigenvalue weighted by molar-refractivity contribution is 6.05. The normalized spacial score (nSPS) is 11.0. The lowest BCUT2D eigenvalue weighted by Gasteiger charge is -2.18. The van der Waals surface area contributed by atoms with Crippen LogP contribution in [0.2, 0.25) is 0 Å². The molecule has 0 bridgehead atoms. The molecule has 0 saturated heterocycles. The zero-order valence-corrected chi connectivity index (χ0v) is 14.1. The number of nitrogen functional groups attached to an aromatic ring is 1. The number of pyridine rings is 1. The number of nitrogens with one attached hydrogen (secondary N) is 2. The van der Waals surface area contributed by atoms with E-state index in [0.717, 1.165) is 0 Å². The number of benzene rings is 1. The number of carbonyl (C=O) groups is 2. The Kier molecular flexibility index (Phi) is 5.18. The number of hydrogen-bond donors (Lipinski definition) is 3. The van der Waals surface area contributed by atoms with Gasteiger partial charge in [0.2, 0.25) is 0 Å². The van der Waals surface area contributed by atoms with Crippen molar-refractivity contribution in [2.45, 2.75) is 20.8 Å². The standard InChI is InChI=1S/C18H22N4O2/c1-18(2,3)11-21-16(23)12-4-6-13(7-5-12)17(24)22-14-8-9-15(19)20-10-14/h4-10H,11H2,1-3H3,(H2,19,20)(H,21,23)(H,22,24). The van der Waals surface area contributed by atoms with Gasteiger partial charge in [-0.25, -0.2) is 4.98 Å². The maximum Gasteiger partial charge on any atom is 0.255 e. The fourth-order valence-corrected chi connectivity index (χ4v) is 1.90. The van der Waals surface area contributed by atoms with Crippen LogP contribution in [0, 0.1) is 5.41 Å². The molecule has 2 aromatic rings. The summed E-state index contributed by atoms with van der Waals surface area (Å²) in [7, 11) is 0. The van der Waals surface area contributed by atoms with Gasteiger partial charge in [0.1, 0.15) is 5.82 Å². The summed E-state index contributed by atoms with van der Waals surface area (Å²) in [6.45, 7) is 6.73. The summed E-state index contributed by atoms with van der Waals surface area (Å²) in [5.74, 6) is -0.0403. The first-order chi connectivity index (χ1) is 11.2. The van der Waals surface area contributed by atoms with Crippen molar-refractivity contribution in [2.24, 2.45) is 5.41 Å². The van der Waals surface area contributed by atoms with Gasteiger partial charge in [0.05, 0.1) is 11.9 Å². The topological polar surface area (TPSA) is 97.1 Å². The summed E-state index contributed by atoms with van der Waals surface area (Å²) >= 11 is 0. The Morgan fingerprint density at radius 2 is 1.58 bits per heavy atom. The first-order valence-electron chi connectivity index (χ1n) is 7.66. The minimum atomic E-state index is -0.275. The van der Waals surface area contributed by atoms with Crippen molar-refractivity contribution in [2.75, 3.05) is 17.6 Å². The highest BCUT2D eigenvalue weighted by atomic mass is 16.2. The SMILES string of the molecule is CC(C)(C)CNC(=O)c1ccc(C(=O)Nc2ccc(N)nc2)cc1. The molecule has 0 radical (unpaired) electrons. The molecule has 0 fully saturated rings. The van der Waals surface area contributed by atoms with Gasteiger partial charge < -0.3 is 16.4 Å². The summed E-state index contributed by atoms with van der Waals surface area (Å²) in [5, 5.41) is 5.59. The molecule has 6 heteroatoms. The van der Waals surface area contributed by atoms with Crippen molar-refractivity contribution in [1.29, 1.82) is 0 Å². The highest BCUT2D eigenvalue weighted by Crippen LogP contribution is 2.13. The minimum Gasteiger partial charge on any atom is -0.384 e. The van der Waals surface area contributed by atoms with Crippen molar-refractivity contribution in [3.63, 3.8) is 0 Å². The molecule has 0 aliphatic carbocycles. The second-order valence-electron chi connectivity index (χ2n) is 6.75. The molecular formula is C18H22N4O2. The van der Waals surface area contributed by atoms with E-state index in [1.54, 1.807) is 36.4 Å². The minimum absolute atomic E-state index is 0.0165. The van der Waals surface area contributed by atoms with E-state index in [4.69, 9.17) is 5.73 Å². The molecule has 0 spiro atoms. The fraction of sp³-hybridized carbons (Fsp3) is 0.278. The molecule has 1 aromatic heterocycles. The molecule has 24 heavy (non-hydrogen) atoms. The molecule has 126 valence electrons. The molecule has 0 aliphatic heterocycles. The van der Waals surface area contributed by atoms with Crippen LogP contribution in [0.4, 0.5) is 11.5 Å². The number of carbonyl (C=O) groups excluding carboxylic acids is 2. The van der Waals surface area contributed by atoms with Crippen LogP contribution in [0.5, 0.6) is 0 Å². The first-order valence-corrected chi connectivity index (χ1v) is 7.66. The van der Waals surface area contributed by atoms with Crippen molar-refractivity contribution in [3.05, 3.63) is 53.7 Å². The van der Waals surface area contributed by atoms with Crippen molar-refractivity contribution >= 4 is 23.3 Å². The maximum atomic E-state index is 12.2. The second kappa shape index (κ2) is 7.12. The van der Waals surface area contributed by atoms with Crippen molar-refractivity contribution in [3.8, 4) is 0 Å². The third kappa shape index (κ3) is 5.08. The van der Waals surface area contributed by atoms with Gasteiger partial charge in [-0.15, -0.1) is 0 Å². The van der Waals surface area contributed by atoms with Gasteiger partial charge in [0.25, 0.3) is 11.8 Å². The molecule has 0 unspecified atom stereocenters. The second-order valence-corrected chi connectivity index (χ2v) is 6.75. The van der Waals surface area contributed by atoms with Crippen LogP contribution in [-0.2, 0) is 0 Å². The van der Waals surface area contributed by atoms with Gasteiger partial charge in [-0.1, -0.05) is 20.8 Å². The highest BCUT2D eigenvalue weighted by Gasteiger charge is 2.13. The molecule has 0 atom stereocenters. The average molecular weight is 326 g/mol. The van der Waals surface area contributed by atoms with E-state index in [0.29, 0.717) is 29.2 Å². The smallest absolute Gasteiger partial charge is 0.255 e. The van der Waals surface area contributed by atoms with Crippen LogP contribution < -0.4 is 16.4 Å². The van der Waals surface area contributed by atoms with E-state index in [2.05, 4.69) is 15.6 Å². The van der Waals surface area contributed by atoms with E-state index in [-0.39, 0.29) is 17.2 Å². The molecule has 1 heterocycles. The first kappa shape index (κ1) is 17.5. The lowest BCUT2D eigenvalue weighted by atomic mass is 9.97. The van der Waals surface area contributed by atoms with E-state index in [1.807, 2.05) is 20.8 Å². The lowest BCUT2D eigenvalue weighted by Crippen LogP contribution is -2.32. The van der Waals surface area contributed by atoms with Crippen LogP contribution >= 0.6 is 0 Å². The van der Waals surface area contributed by atoms with Crippen LogP contribution in [0.1, 0.15) is 41.5 Å². The summed E-state index contributed by atoms with van der Waals surface area (Å²) in [6, 6.07) is 9.78. The fourth-order valence-electron chi connectivity index (χ4n) is 1.90. The lowest BCUT2D eigenvalue weighted by molar-refractivity contribution is 0.0938. The Hall–Kier alpha value is -2.89. The predicted molar refractivity (Wildman–Crippen MR) is 94.8 cm³/mol. The zero-order chi connectivity index (χ0) is 17.7. The summed E-state index contributed by atoms with van der Waals surface area (Å²) in [5.41, 5.74) is 7.05. The number of nitrogens with zero attached hydrogens (tertiary/aromatic N) is 1. The number of anilines is 2. The Balaban J connectivity index is 1.99. The Labute approximate surface area is 141 Å². The van der Waals surface area contributed by atoms with Gasteiger partial charge in [0.15, 0.2) is 0 Å². The number of amides is 2. The molecule has 2 amide bonds. The average Bonchev–Trinajstić information content (AvgIpc) is 2.54. The molecule has 2 rings (SSSR count). The van der Waals surface area contributed by atoms with Crippen molar-refractivity contribution in [1.82, 2.24) is 10.3 Å². The largest absolute Gasteiger partial charge is 0.384 e. The van der Waals surface area contributed by atoms with Gasteiger partial charge >= 0.3 is 0 Å². The predicted octanol–water partition coefficient (Wildman–Crippen LogP) is 2.69. The summed E-state index contributed by atoms with van der Waals surface area (Å²) < 4.78 is 0. The number of hydrogen-bond acceptors (Lipinski definition) is 4.